The van der Waals surface area contributed by atoms with Crippen LogP contribution in [0.5, 0.6) is 0 Å². The summed E-state index contributed by atoms with van der Waals surface area (Å²) in [5.41, 5.74) is 0.531. The lowest BCUT2D eigenvalue weighted by atomic mass is 10.00. The van der Waals surface area contributed by atoms with E-state index in [-0.39, 0.29) is 5.91 Å². The highest BCUT2D eigenvalue weighted by molar-refractivity contribution is 7.17. The Morgan fingerprint density at radius 1 is 1.47 bits per heavy atom. The molecule has 0 saturated carbocycles. The van der Waals surface area contributed by atoms with Crippen LogP contribution in [0.1, 0.15) is 16.9 Å². The Bertz CT molecular complexity index is 638. The van der Waals surface area contributed by atoms with Gasteiger partial charge in [-0.1, -0.05) is 0 Å². The number of thiophene rings is 1. The molecule has 0 radical (unpaired) electrons. The van der Waals surface area contributed by atoms with Crippen molar-refractivity contribution in [1.29, 1.82) is 0 Å². The third-order valence-corrected chi connectivity index (χ3v) is 5.09. The average molecular weight is 273 g/mol. The van der Waals surface area contributed by atoms with Crippen LogP contribution >= 0.6 is 11.3 Å². The van der Waals surface area contributed by atoms with Crippen molar-refractivity contribution in [3.63, 3.8) is 0 Å². The molecule has 4 rings (SSSR count). The van der Waals surface area contributed by atoms with Crippen LogP contribution in [0.4, 0.5) is 0 Å². The second kappa shape index (κ2) is 4.28. The first-order chi connectivity index (χ1) is 9.29. The SMILES string of the molecule is O=C(NC1CN2CC[C@H]1C2)c1cc2ccsc2cn1. The van der Waals surface area contributed by atoms with Gasteiger partial charge in [-0.05, 0) is 41.8 Å². The molecule has 2 fully saturated rings. The molecule has 2 aromatic heterocycles. The van der Waals surface area contributed by atoms with Gasteiger partial charge in [-0.2, -0.15) is 0 Å². The highest BCUT2D eigenvalue weighted by Gasteiger charge is 2.38. The first-order valence-electron chi connectivity index (χ1n) is 6.66. The summed E-state index contributed by atoms with van der Waals surface area (Å²) in [6, 6.07) is 4.22. The van der Waals surface area contributed by atoms with Crippen LogP contribution in [0.2, 0.25) is 0 Å². The number of amides is 1. The quantitative estimate of drug-likeness (QED) is 0.906. The summed E-state index contributed by atoms with van der Waals surface area (Å²) in [5, 5.41) is 6.27. The maximum absolute atomic E-state index is 12.3. The summed E-state index contributed by atoms with van der Waals surface area (Å²) < 4.78 is 1.13. The van der Waals surface area contributed by atoms with E-state index in [0.717, 1.165) is 23.2 Å². The molecule has 4 heterocycles. The minimum atomic E-state index is -0.0353. The lowest BCUT2D eigenvalue weighted by Crippen LogP contribution is -2.43. The van der Waals surface area contributed by atoms with Crippen molar-refractivity contribution in [2.75, 3.05) is 19.6 Å². The lowest BCUT2D eigenvalue weighted by molar-refractivity contribution is 0.0919. The van der Waals surface area contributed by atoms with E-state index in [2.05, 4.69) is 15.2 Å². The number of hydrogen-bond donors (Lipinski definition) is 1. The zero-order valence-corrected chi connectivity index (χ0v) is 11.3. The molecule has 2 unspecified atom stereocenters. The van der Waals surface area contributed by atoms with E-state index < -0.39 is 0 Å². The molecule has 98 valence electrons. The predicted octanol–water partition coefficient (Wildman–Crippen LogP) is 1.73. The molecule has 1 N–H and O–H groups in total. The van der Waals surface area contributed by atoms with Gasteiger partial charge in [-0.3, -0.25) is 4.79 Å². The van der Waals surface area contributed by atoms with E-state index in [1.807, 2.05) is 17.5 Å². The van der Waals surface area contributed by atoms with Crippen molar-refractivity contribution in [2.24, 2.45) is 5.92 Å². The molecular weight excluding hydrogens is 258 g/mol. The van der Waals surface area contributed by atoms with Gasteiger partial charge in [0.25, 0.3) is 5.91 Å². The second-order valence-corrected chi connectivity index (χ2v) is 6.36. The van der Waals surface area contributed by atoms with Crippen LogP contribution in [0.25, 0.3) is 10.1 Å². The van der Waals surface area contributed by atoms with Crippen LogP contribution in [0.3, 0.4) is 0 Å². The number of carbonyl (C=O) groups excluding carboxylic acids is 1. The lowest BCUT2D eigenvalue weighted by Gasteiger charge is -2.22. The molecular formula is C14H15N3OS. The molecule has 2 saturated heterocycles. The number of pyridine rings is 1. The Labute approximate surface area is 115 Å². The number of nitrogens with one attached hydrogen (secondary N) is 1. The van der Waals surface area contributed by atoms with E-state index >= 15 is 0 Å². The van der Waals surface area contributed by atoms with Crippen molar-refractivity contribution < 1.29 is 4.79 Å². The fraction of sp³-hybridized carbons (Fsp3) is 0.429. The van der Waals surface area contributed by atoms with Gasteiger partial charge in [-0.15, -0.1) is 11.3 Å². The van der Waals surface area contributed by atoms with E-state index in [1.165, 1.54) is 13.0 Å². The monoisotopic (exact) mass is 273 g/mol. The van der Waals surface area contributed by atoms with Crippen LogP contribution in [0.15, 0.2) is 23.7 Å². The molecule has 2 aromatic rings. The van der Waals surface area contributed by atoms with Gasteiger partial charge in [0.05, 0.1) is 4.70 Å². The maximum atomic E-state index is 12.3. The van der Waals surface area contributed by atoms with Crippen molar-refractivity contribution in [3.05, 3.63) is 29.4 Å². The number of fused-ring (bicyclic) bond motifs is 3. The standard InChI is InChI=1S/C14H15N3OS/c18-14(16-12-8-17-3-1-10(12)7-17)11-5-9-2-4-19-13(9)6-15-11/h2,4-6,10,12H,1,3,7-8H2,(H,16,18)/t10-,12?/m0/s1. The van der Waals surface area contributed by atoms with Gasteiger partial charge in [0.1, 0.15) is 5.69 Å². The highest BCUT2D eigenvalue weighted by atomic mass is 32.1. The van der Waals surface area contributed by atoms with Crippen LogP contribution < -0.4 is 5.32 Å². The van der Waals surface area contributed by atoms with Gasteiger partial charge in [0.2, 0.25) is 0 Å². The Hall–Kier alpha value is -1.46. The fourth-order valence-corrected chi connectivity index (χ4v) is 3.92. The summed E-state index contributed by atoms with van der Waals surface area (Å²) in [5.74, 6) is 0.598. The molecule has 2 aliphatic heterocycles. The molecule has 5 heteroatoms. The van der Waals surface area contributed by atoms with Crippen molar-refractivity contribution >= 4 is 27.3 Å². The smallest absolute Gasteiger partial charge is 0.270 e. The summed E-state index contributed by atoms with van der Waals surface area (Å²) >= 11 is 1.65. The van der Waals surface area contributed by atoms with Crippen molar-refractivity contribution in [2.45, 2.75) is 12.5 Å². The first-order valence-corrected chi connectivity index (χ1v) is 7.54. The molecule has 4 nitrogen and oxygen atoms in total. The minimum Gasteiger partial charge on any atom is -0.346 e. The van der Waals surface area contributed by atoms with Gasteiger partial charge in [-0.25, -0.2) is 4.98 Å². The highest BCUT2D eigenvalue weighted by Crippen LogP contribution is 2.28. The van der Waals surface area contributed by atoms with E-state index in [4.69, 9.17) is 0 Å². The van der Waals surface area contributed by atoms with Gasteiger partial charge < -0.3 is 10.2 Å². The second-order valence-electron chi connectivity index (χ2n) is 5.42. The van der Waals surface area contributed by atoms with E-state index in [1.54, 1.807) is 17.5 Å². The molecule has 0 aliphatic carbocycles. The predicted molar refractivity (Wildman–Crippen MR) is 75.4 cm³/mol. The Morgan fingerprint density at radius 3 is 3.21 bits per heavy atom. The van der Waals surface area contributed by atoms with Gasteiger partial charge in [0, 0.05) is 25.3 Å². The third kappa shape index (κ3) is 1.93. The molecule has 0 spiro atoms. The van der Waals surface area contributed by atoms with Crippen LogP contribution in [-0.4, -0.2) is 41.5 Å². The zero-order valence-electron chi connectivity index (χ0n) is 10.5. The average Bonchev–Trinajstić information content (AvgIpc) is 3.13. The summed E-state index contributed by atoms with van der Waals surface area (Å²) in [7, 11) is 0. The minimum absolute atomic E-state index is 0.0353. The molecule has 19 heavy (non-hydrogen) atoms. The molecule has 0 aromatic carbocycles. The van der Waals surface area contributed by atoms with Gasteiger partial charge >= 0.3 is 0 Å². The Balaban J connectivity index is 1.53. The van der Waals surface area contributed by atoms with Crippen molar-refractivity contribution in [1.82, 2.24) is 15.2 Å². The Morgan fingerprint density at radius 2 is 2.42 bits per heavy atom. The van der Waals surface area contributed by atoms with E-state index in [0.29, 0.717) is 17.7 Å². The topological polar surface area (TPSA) is 45.2 Å². The third-order valence-electron chi connectivity index (χ3n) is 4.22. The normalized spacial score (nSPS) is 28.9. The number of carbonyl (C=O) groups is 1. The summed E-state index contributed by atoms with van der Waals surface area (Å²) in [6.45, 7) is 3.33. The number of rotatable bonds is 2. The van der Waals surface area contributed by atoms with Crippen LogP contribution in [-0.2, 0) is 0 Å². The van der Waals surface area contributed by atoms with Crippen molar-refractivity contribution in [3.8, 4) is 0 Å². The zero-order chi connectivity index (χ0) is 12.8. The summed E-state index contributed by atoms with van der Waals surface area (Å²) in [4.78, 5) is 18.9. The number of aromatic nitrogens is 1. The summed E-state index contributed by atoms with van der Waals surface area (Å²) in [6.07, 6.45) is 3.00. The fourth-order valence-electron chi connectivity index (χ4n) is 3.18. The first kappa shape index (κ1) is 11.4. The van der Waals surface area contributed by atoms with E-state index in [9.17, 15) is 4.79 Å². The molecule has 3 atom stereocenters. The molecule has 2 bridgehead atoms. The maximum Gasteiger partial charge on any atom is 0.270 e. The number of hydrogen-bond acceptors (Lipinski definition) is 4. The number of nitrogens with zero attached hydrogens (tertiary/aromatic N) is 2. The number of piperidine rings is 1. The van der Waals surface area contributed by atoms with Crippen LogP contribution in [0, 0.1) is 5.92 Å². The molecule has 2 aliphatic rings. The van der Waals surface area contributed by atoms with Gasteiger partial charge in [0.15, 0.2) is 0 Å². The Kier molecular flexibility index (Phi) is 2.56. The molecule has 1 amide bonds. The largest absolute Gasteiger partial charge is 0.346 e.